The minimum absolute atomic E-state index is 0.218. The van der Waals surface area contributed by atoms with E-state index in [9.17, 15) is 5.11 Å². The van der Waals surface area contributed by atoms with Gasteiger partial charge in [-0.3, -0.25) is 4.68 Å². The second-order valence-electron chi connectivity index (χ2n) is 8.92. The summed E-state index contributed by atoms with van der Waals surface area (Å²) in [5.41, 5.74) is 4.60. The molecule has 7 heteroatoms. The van der Waals surface area contributed by atoms with Crippen LogP contribution in [0.3, 0.4) is 0 Å². The van der Waals surface area contributed by atoms with Crippen molar-refractivity contribution in [3.8, 4) is 28.1 Å². The van der Waals surface area contributed by atoms with Crippen LogP contribution in [0, 0.1) is 0 Å². The van der Waals surface area contributed by atoms with E-state index < -0.39 is 0 Å². The summed E-state index contributed by atoms with van der Waals surface area (Å²) in [6, 6.07) is 9.70. The predicted octanol–water partition coefficient (Wildman–Crippen LogP) is 2.90. The molecule has 3 aliphatic heterocycles. The molecule has 1 aromatic carbocycles. The van der Waals surface area contributed by atoms with Gasteiger partial charge in [-0.25, -0.2) is 0 Å². The third-order valence-electron chi connectivity index (χ3n) is 6.95. The molecular formula is C23H26N6O. The maximum Gasteiger partial charge on any atom is 0.154 e. The number of nitrogens with zero attached hydrogens (tertiary/aromatic N) is 5. The van der Waals surface area contributed by atoms with Gasteiger partial charge >= 0.3 is 0 Å². The number of aromatic nitrogens is 4. The van der Waals surface area contributed by atoms with Crippen LogP contribution < -0.4 is 10.2 Å². The molecule has 2 N–H and O–H groups in total. The van der Waals surface area contributed by atoms with Crippen LogP contribution in [0.15, 0.2) is 36.7 Å². The van der Waals surface area contributed by atoms with Crippen LogP contribution in [0.1, 0.15) is 31.2 Å². The number of piperidine rings is 1. The molecule has 0 radical (unpaired) electrons. The van der Waals surface area contributed by atoms with Gasteiger partial charge in [-0.1, -0.05) is 6.07 Å². The van der Waals surface area contributed by atoms with Crippen LogP contribution in [0.2, 0.25) is 0 Å². The number of hydrogen-bond donors (Lipinski definition) is 2. The van der Waals surface area contributed by atoms with E-state index in [0.29, 0.717) is 18.1 Å². The fourth-order valence-electron chi connectivity index (χ4n) is 5.46. The van der Waals surface area contributed by atoms with Crippen LogP contribution in [0.5, 0.6) is 5.75 Å². The van der Waals surface area contributed by atoms with E-state index in [-0.39, 0.29) is 5.75 Å². The maximum atomic E-state index is 10.7. The van der Waals surface area contributed by atoms with E-state index in [2.05, 4.69) is 31.6 Å². The number of anilines is 1. The van der Waals surface area contributed by atoms with Gasteiger partial charge in [0.2, 0.25) is 0 Å². The Labute approximate surface area is 175 Å². The molecule has 30 heavy (non-hydrogen) atoms. The lowest BCUT2D eigenvalue weighted by molar-refractivity contribution is 0.349. The SMILES string of the molecule is Cn1cc(-c2ccc(-c3cc4c(nn3)N(C3CC5CC[C@H](C3)N5)CC4)c(O)c2)cn1. The smallest absolute Gasteiger partial charge is 0.154 e. The summed E-state index contributed by atoms with van der Waals surface area (Å²) in [6.07, 6.45) is 9.75. The van der Waals surface area contributed by atoms with E-state index in [0.717, 1.165) is 41.2 Å². The molecular weight excluding hydrogens is 376 g/mol. The van der Waals surface area contributed by atoms with Crippen LogP contribution in [-0.2, 0) is 13.5 Å². The fourth-order valence-corrected chi connectivity index (χ4v) is 5.46. The van der Waals surface area contributed by atoms with Gasteiger partial charge in [0, 0.05) is 54.6 Å². The number of benzene rings is 1. The zero-order valence-electron chi connectivity index (χ0n) is 17.1. The Hall–Kier alpha value is -2.93. The molecule has 6 rings (SSSR count). The summed E-state index contributed by atoms with van der Waals surface area (Å²) in [5.74, 6) is 1.26. The van der Waals surface area contributed by atoms with Crippen molar-refractivity contribution in [3.05, 3.63) is 42.2 Å². The topological polar surface area (TPSA) is 79.1 Å². The third-order valence-corrected chi connectivity index (χ3v) is 6.95. The van der Waals surface area contributed by atoms with Gasteiger partial charge in [0.25, 0.3) is 0 Å². The van der Waals surface area contributed by atoms with Crippen molar-refractivity contribution < 1.29 is 5.11 Å². The first-order valence-electron chi connectivity index (χ1n) is 10.9. The molecule has 5 heterocycles. The molecule has 2 bridgehead atoms. The molecule has 2 saturated heterocycles. The number of phenols is 1. The van der Waals surface area contributed by atoms with Gasteiger partial charge in [-0.2, -0.15) is 5.10 Å². The summed E-state index contributed by atoms with van der Waals surface area (Å²) < 4.78 is 1.76. The maximum absolute atomic E-state index is 10.7. The summed E-state index contributed by atoms with van der Waals surface area (Å²) in [5, 5.41) is 27.7. The second kappa shape index (κ2) is 6.80. The molecule has 2 unspecified atom stereocenters. The van der Waals surface area contributed by atoms with Gasteiger partial charge in [0.1, 0.15) is 5.75 Å². The Balaban J connectivity index is 1.27. The lowest BCUT2D eigenvalue weighted by Crippen LogP contribution is -2.48. The Morgan fingerprint density at radius 1 is 1.07 bits per heavy atom. The first kappa shape index (κ1) is 17.9. The lowest BCUT2D eigenvalue weighted by atomic mass is 9.98. The van der Waals surface area contributed by atoms with Gasteiger partial charge in [-0.15, -0.1) is 10.2 Å². The van der Waals surface area contributed by atoms with Crippen LogP contribution in [-0.4, -0.2) is 49.8 Å². The van der Waals surface area contributed by atoms with E-state index in [1.165, 1.54) is 31.2 Å². The predicted molar refractivity (Wildman–Crippen MR) is 115 cm³/mol. The van der Waals surface area contributed by atoms with Crippen LogP contribution in [0.4, 0.5) is 5.82 Å². The molecule has 3 aliphatic rings. The van der Waals surface area contributed by atoms with Crippen molar-refractivity contribution >= 4 is 5.82 Å². The average Bonchev–Trinajstić information content (AvgIpc) is 3.45. The average molecular weight is 403 g/mol. The van der Waals surface area contributed by atoms with Gasteiger partial charge < -0.3 is 15.3 Å². The number of fused-ring (bicyclic) bond motifs is 3. The van der Waals surface area contributed by atoms with Crippen molar-refractivity contribution in [2.75, 3.05) is 11.4 Å². The number of rotatable bonds is 3. The van der Waals surface area contributed by atoms with Gasteiger partial charge in [0.15, 0.2) is 5.82 Å². The minimum atomic E-state index is 0.218. The monoisotopic (exact) mass is 402 g/mol. The zero-order valence-corrected chi connectivity index (χ0v) is 17.1. The Bertz CT molecular complexity index is 1100. The molecule has 7 nitrogen and oxygen atoms in total. The Morgan fingerprint density at radius 3 is 2.63 bits per heavy atom. The molecule has 0 spiro atoms. The normalized spacial score (nSPS) is 25.0. The molecule has 0 amide bonds. The van der Waals surface area contributed by atoms with Crippen LogP contribution in [0.25, 0.3) is 22.4 Å². The van der Waals surface area contributed by atoms with E-state index >= 15 is 0 Å². The van der Waals surface area contributed by atoms with Crippen molar-refractivity contribution in [3.63, 3.8) is 0 Å². The summed E-state index contributed by atoms with van der Waals surface area (Å²) >= 11 is 0. The first-order chi connectivity index (χ1) is 14.6. The van der Waals surface area contributed by atoms with Crippen LogP contribution >= 0.6 is 0 Å². The standard InChI is InChI=1S/C23H26N6O/c1-28-13-16(12-24-28)14-2-5-20(22(30)9-14)21-8-15-6-7-29(23(15)27-26-21)19-10-17-3-4-18(11-19)25-17/h2,5,8-9,12-13,17-19,25,30H,3-4,6-7,10-11H2,1H3/t17-,18?,19?/m1/s1. The van der Waals surface area contributed by atoms with E-state index in [1.807, 2.05) is 25.4 Å². The minimum Gasteiger partial charge on any atom is -0.507 e. The zero-order chi connectivity index (χ0) is 20.2. The van der Waals surface area contributed by atoms with Crippen molar-refractivity contribution in [1.82, 2.24) is 25.3 Å². The highest BCUT2D eigenvalue weighted by Crippen LogP contribution is 2.38. The molecule has 0 aliphatic carbocycles. The second-order valence-corrected chi connectivity index (χ2v) is 8.92. The molecule has 154 valence electrons. The van der Waals surface area contributed by atoms with Crippen molar-refractivity contribution in [2.45, 2.75) is 50.2 Å². The molecule has 3 aromatic rings. The number of hydrogen-bond acceptors (Lipinski definition) is 6. The third kappa shape index (κ3) is 2.96. The highest BCUT2D eigenvalue weighted by molar-refractivity contribution is 5.74. The van der Waals surface area contributed by atoms with E-state index in [1.54, 1.807) is 16.9 Å². The molecule has 0 saturated carbocycles. The largest absolute Gasteiger partial charge is 0.507 e. The molecule has 3 atom stereocenters. The quantitative estimate of drug-likeness (QED) is 0.701. The first-order valence-corrected chi connectivity index (χ1v) is 10.9. The molecule has 2 aromatic heterocycles. The summed E-state index contributed by atoms with van der Waals surface area (Å²) in [6.45, 7) is 1.02. The van der Waals surface area contributed by atoms with E-state index in [4.69, 9.17) is 0 Å². The summed E-state index contributed by atoms with van der Waals surface area (Å²) in [7, 11) is 1.88. The summed E-state index contributed by atoms with van der Waals surface area (Å²) in [4.78, 5) is 2.48. The Morgan fingerprint density at radius 2 is 1.90 bits per heavy atom. The highest BCUT2D eigenvalue weighted by Gasteiger charge is 2.38. The van der Waals surface area contributed by atoms with Gasteiger partial charge in [-0.05, 0) is 55.9 Å². The lowest BCUT2D eigenvalue weighted by Gasteiger charge is -2.36. The number of phenolic OH excluding ortho intramolecular Hbond substituents is 1. The number of nitrogens with one attached hydrogen (secondary N) is 1. The number of aromatic hydroxyl groups is 1. The number of aryl methyl sites for hydroxylation is 1. The fraction of sp³-hybridized carbons (Fsp3) is 0.435. The van der Waals surface area contributed by atoms with Crippen molar-refractivity contribution in [2.24, 2.45) is 7.05 Å². The molecule has 2 fully saturated rings. The highest BCUT2D eigenvalue weighted by atomic mass is 16.3. The Kier molecular flexibility index (Phi) is 4.06. The van der Waals surface area contributed by atoms with Crippen molar-refractivity contribution in [1.29, 1.82) is 0 Å². The van der Waals surface area contributed by atoms with Gasteiger partial charge in [0.05, 0.1) is 11.9 Å².